The van der Waals surface area contributed by atoms with Gasteiger partial charge in [0.25, 0.3) is 5.56 Å². The molecule has 0 aliphatic rings. The van der Waals surface area contributed by atoms with Crippen LogP contribution in [-0.2, 0) is 6.54 Å². The van der Waals surface area contributed by atoms with Crippen LogP contribution >= 0.6 is 12.2 Å². The zero-order valence-electron chi connectivity index (χ0n) is 9.43. The highest BCUT2D eigenvalue weighted by Crippen LogP contribution is 1.90. The Balaban J connectivity index is 2.53. The Morgan fingerprint density at radius 3 is 2.88 bits per heavy atom. The third-order valence-corrected chi connectivity index (χ3v) is 2.51. The van der Waals surface area contributed by atoms with Crippen molar-refractivity contribution in [2.24, 2.45) is 5.73 Å². The molecule has 0 atom stereocenters. The number of rotatable bonds is 6. The van der Waals surface area contributed by atoms with Crippen LogP contribution in [0.3, 0.4) is 0 Å². The molecule has 0 spiro atoms. The number of hydrogen-bond acceptors (Lipinski definition) is 3. The summed E-state index contributed by atoms with van der Waals surface area (Å²) in [6.45, 7) is 4.96. The van der Waals surface area contributed by atoms with Gasteiger partial charge in [-0.2, -0.15) is 0 Å². The second-order valence-corrected chi connectivity index (χ2v) is 4.09. The lowest BCUT2D eigenvalue weighted by Gasteiger charge is -2.19. The molecular weight excluding hydrogens is 222 g/mol. The van der Waals surface area contributed by atoms with Crippen LogP contribution in [-0.4, -0.2) is 34.1 Å². The molecule has 0 bridgehead atoms. The molecule has 1 aromatic rings. The molecule has 16 heavy (non-hydrogen) atoms. The molecule has 5 heteroatoms. The van der Waals surface area contributed by atoms with E-state index < -0.39 is 0 Å². The summed E-state index contributed by atoms with van der Waals surface area (Å²) in [5, 5.41) is 0. The number of pyridine rings is 1. The van der Waals surface area contributed by atoms with E-state index in [1.807, 2.05) is 13.0 Å². The Morgan fingerprint density at radius 1 is 1.56 bits per heavy atom. The Labute approximate surface area is 101 Å². The molecule has 0 aromatic carbocycles. The smallest absolute Gasteiger partial charge is 0.250 e. The fraction of sp³-hybridized carbons (Fsp3) is 0.455. The summed E-state index contributed by atoms with van der Waals surface area (Å²) >= 11 is 4.86. The average Bonchev–Trinajstić information content (AvgIpc) is 2.25. The molecule has 0 aliphatic carbocycles. The van der Waals surface area contributed by atoms with E-state index >= 15 is 0 Å². The van der Waals surface area contributed by atoms with Gasteiger partial charge in [-0.05, 0) is 12.6 Å². The molecular formula is C11H17N3OS. The van der Waals surface area contributed by atoms with Crippen molar-refractivity contribution in [3.63, 3.8) is 0 Å². The maximum Gasteiger partial charge on any atom is 0.250 e. The molecule has 4 nitrogen and oxygen atoms in total. The van der Waals surface area contributed by atoms with Gasteiger partial charge in [-0.3, -0.25) is 9.69 Å². The normalized spacial score (nSPS) is 10.6. The van der Waals surface area contributed by atoms with Crippen molar-refractivity contribution in [1.29, 1.82) is 0 Å². The average molecular weight is 239 g/mol. The molecule has 1 rings (SSSR count). The first kappa shape index (κ1) is 12.9. The van der Waals surface area contributed by atoms with Gasteiger partial charge >= 0.3 is 0 Å². The van der Waals surface area contributed by atoms with Crippen LogP contribution in [0, 0.1) is 0 Å². The van der Waals surface area contributed by atoms with Crippen molar-refractivity contribution < 1.29 is 0 Å². The van der Waals surface area contributed by atoms with E-state index in [0.29, 0.717) is 18.1 Å². The zero-order chi connectivity index (χ0) is 12.0. The first-order chi connectivity index (χ1) is 7.63. The van der Waals surface area contributed by atoms with Gasteiger partial charge in [-0.15, -0.1) is 0 Å². The van der Waals surface area contributed by atoms with Gasteiger partial charge in [0.15, 0.2) is 0 Å². The van der Waals surface area contributed by atoms with Crippen molar-refractivity contribution in [1.82, 2.24) is 9.47 Å². The molecule has 88 valence electrons. The highest BCUT2D eigenvalue weighted by Gasteiger charge is 2.03. The fourth-order valence-electron chi connectivity index (χ4n) is 1.46. The van der Waals surface area contributed by atoms with Gasteiger partial charge in [0, 0.05) is 31.9 Å². The molecule has 0 unspecified atom stereocenters. The molecule has 0 saturated heterocycles. The lowest BCUT2D eigenvalue weighted by Crippen LogP contribution is -2.36. The molecule has 1 heterocycles. The monoisotopic (exact) mass is 239 g/mol. The lowest BCUT2D eigenvalue weighted by atomic mass is 10.4. The van der Waals surface area contributed by atoms with E-state index in [1.165, 1.54) is 0 Å². The highest BCUT2D eigenvalue weighted by molar-refractivity contribution is 7.80. The zero-order valence-corrected chi connectivity index (χ0v) is 10.2. The summed E-state index contributed by atoms with van der Waals surface area (Å²) in [5.74, 6) is 0. The number of likely N-dealkylation sites (N-methyl/N-ethyl adjacent to an activating group) is 1. The minimum absolute atomic E-state index is 0.0221. The van der Waals surface area contributed by atoms with Gasteiger partial charge < -0.3 is 10.3 Å². The SMILES string of the molecule is CCN(CCn1ccccc1=O)CC(N)=S. The van der Waals surface area contributed by atoms with Crippen molar-refractivity contribution in [3.8, 4) is 0 Å². The van der Waals surface area contributed by atoms with Crippen LogP contribution in [0.4, 0.5) is 0 Å². The van der Waals surface area contributed by atoms with Crippen molar-refractivity contribution >= 4 is 17.2 Å². The van der Waals surface area contributed by atoms with Gasteiger partial charge in [-0.25, -0.2) is 0 Å². The third-order valence-electron chi connectivity index (χ3n) is 2.38. The van der Waals surface area contributed by atoms with Gasteiger partial charge in [0.2, 0.25) is 0 Å². The second-order valence-electron chi connectivity index (χ2n) is 3.57. The van der Waals surface area contributed by atoms with Crippen LogP contribution in [0.1, 0.15) is 6.92 Å². The predicted molar refractivity (Wildman–Crippen MR) is 69.6 cm³/mol. The van der Waals surface area contributed by atoms with Crippen LogP contribution in [0.5, 0.6) is 0 Å². The van der Waals surface area contributed by atoms with E-state index in [-0.39, 0.29) is 5.56 Å². The van der Waals surface area contributed by atoms with E-state index in [9.17, 15) is 4.79 Å². The summed E-state index contributed by atoms with van der Waals surface area (Å²) in [5.41, 5.74) is 5.51. The minimum atomic E-state index is 0.0221. The third kappa shape index (κ3) is 4.12. The fourth-order valence-corrected chi connectivity index (χ4v) is 1.65. The topological polar surface area (TPSA) is 51.3 Å². The summed E-state index contributed by atoms with van der Waals surface area (Å²) in [6, 6.07) is 5.15. The standard InChI is InChI=1S/C11H17N3OS/c1-2-13(9-10(12)16)7-8-14-6-4-3-5-11(14)15/h3-6H,2,7-9H2,1H3,(H2,12,16). The van der Waals surface area contributed by atoms with Gasteiger partial charge in [0.1, 0.15) is 0 Å². The molecule has 1 aromatic heterocycles. The van der Waals surface area contributed by atoms with Gasteiger partial charge in [0.05, 0.1) is 4.99 Å². The summed E-state index contributed by atoms with van der Waals surface area (Å²) in [4.78, 5) is 14.0. The van der Waals surface area contributed by atoms with Gasteiger partial charge in [-0.1, -0.05) is 25.2 Å². The van der Waals surface area contributed by atoms with Crippen LogP contribution in [0.25, 0.3) is 0 Å². The number of nitrogens with two attached hydrogens (primary N) is 1. The molecule has 0 aliphatic heterocycles. The maximum atomic E-state index is 11.4. The number of hydrogen-bond donors (Lipinski definition) is 1. The number of aromatic nitrogens is 1. The minimum Gasteiger partial charge on any atom is -0.392 e. The largest absolute Gasteiger partial charge is 0.392 e. The first-order valence-corrected chi connectivity index (χ1v) is 5.70. The van der Waals surface area contributed by atoms with E-state index in [0.717, 1.165) is 13.1 Å². The highest BCUT2D eigenvalue weighted by atomic mass is 32.1. The second kappa shape index (κ2) is 6.40. The van der Waals surface area contributed by atoms with Crippen LogP contribution < -0.4 is 11.3 Å². The van der Waals surface area contributed by atoms with Crippen LogP contribution in [0.2, 0.25) is 0 Å². The van der Waals surface area contributed by atoms with Crippen molar-refractivity contribution in [2.75, 3.05) is 19.6 Å². The molecule has 0 amide bonds. The number of thiocarbonyl (C=S) groups is 1. The van der Waals surface area contributed by atoms with Crippen molar-refractivity contribution in [2.45, 2.75) is 13.5 Å². The van der Waals surface area contributed by atoms with E-state index in [4.69, 9.17) is 18.0 Å². The summed E-state index contributed by atoms with van der Waals surface area (Å²) in [7, 11) is 0. The summed E-state index contributed by atoms with van der Waals surface area (Å²) < 4.78 is 1.68. The molecule has 2 N–H and O–H groups in total. The van der Waals surface area contributed by atoms with E-state index in [2.05, 4.69) is 4.90 Å². The molecule has 0 saturated carbocycles. The number of nitrogens with zero attached hydrogens (tertiary/aromatic N) is 2. The Bertz CT molecular complexity index is 402. The predicted octanol–water partition coefficient (Wildman–Crippen LogP) is 0.456. The molecule has 0 radical (unpaired) electrons. The lowest BCUT2D eigenvalue weighted by molar-refractivity contribution is 0.311. The van der Waals surface area contributed by atoms with Crippen molar-refractivity contribution in [3.05, 3.63) is 34.7 Å². The Kier molecular flexibility index (Phi) is 5.14. The maximum absolute atomic E-state index is 11.4. The Hall–Kier alpha value is -1.20. The quantitative estimate of drug-likeness (QED) is 0.733. The van der Waals surface area contributed by atoms with E-state index in [1.54, 1.807) is 22.9 Å². The van der Waals surface area contributed by atoms with Crippen LogP contribution in [0.15, 0.2) is 29.2 Å². The molecule has 0 fully saturated rings. The first-order valence-electron chi connectivity index (χ1n) is 5.29. The Morgan fingerprint density at radius 2 is 2.31 bits per heavy atom. The summed E-state index contributed by atoms with van der Waals surface area (Å²) in [6.07, 6.45) is 1.79.